The summed E-state index contributed by atoms with van der Waals surface area (Å²) in [4.78, 5) is 41.5. The number of esters is 2. The normalized spacial score (nSPS) is 12.9. The molecule has 258 valence electrons. The van der Waals surface area contributed by atoms with Crippen LogP contribution in [0.5, 0.6) is 0 Å². The molecule has 1 fully saturated rings. The minimum atomic E-state index is -0.815. The zero-order chi connectivity index (χ0) is 34.8. The maximum Gasteiger partial charge on any atom is 0.320 e. The van der Waals surface area contributed by atoms with Crippen LogP contribution < -0.4 is 0 Å². The van der Waals surface area contributed by atoms with E-state index in [0.717, 1.165) is 37.2 Å². The van der Waals surface area contributed by atoms with E-state index in [1.54, 1.807) is 21.0 Å². The molecule has 44 heavy (non-hydrogen) atoms. The summed E-state index contributed by atoms with van der Waals surface area (Å²) in [5.41, 5.74) is 3.33. The van der Waals surface area contributed by atoms with Crippen LogP contribution in [-0.4, -0.2) is 96.2 Å². The maximum atomic E-state index is 10.9. The Morgan fingerprint density at radius 1 is 0.955 bits per heavy atom. The van der Waals surface area contributed by atoms with Crippen molar-refractivity contribution < 1.29 is 28.7 Å². The SMILES string of the molecule is CC(C)N(C)C(C)C.CC/C(C)=N/OC.CCOC(=O)C(C)C(=O)OCC.CN1CCCCCC1=O.Cc1cc(C)n(C)n1. The summed E-state index contributed by atoms with van der Waals surface area (Å²) in [6, 6.07) is 3.41. The monoisotopic (exact) mass is 627 g/mol. The predicted molar refractivity (Wildman–Crippen MR) is 180 cm³/mol. The van der Waals surface area contributed by atoms with Gasteiger partial charge in [-0.05, 0) is 102 Å². The summed E-state index contributed by atoms with van der Waals surface area (Å²) in [5, 5.41) is 7.79. The quantitative estimate of drug-likeness (QED) is 0.150. The third-order valence-electron chi connectivity index (χ3n) is 6.71. The molecule has 1 aliphatic rings. The molecule has 0 saturated carbocycles. The van der Waals surface area contributed by atoms with Gasteiger partial charge in [0.1, 0.15) is 7.11 Å². The number of hydrogen-bond acceptors (Lipinski definition) is 9. The van der Waals surface area contributed by atoms with E-state index in [0.29, 0.717) is 18.0 Å². The van der Waals surface area contributed by atoms with Gasteiger partial charge >= 0.3 is 11.9 Å². The van der Waals surface area contributed by atoms with Gasteiger partial charge in [-0.2, -0.15) is 5.10 Å². The average Bonchev–Trinajstić information content (AvgIpc) is 3.13. The topological polar surface area (TPSA) is 116 Å². The van der Waals surface area contributed by atoms with Crippen LogP contribution in [0.3, 0.4) is 0 Å². The Balaban J connectivity index is -0.000000484. The van der Waals surface area contributed by atoms with Crippen LogP contribution in [0.2, 0.25) is 0 Å². The van der Waals surface area contributed by atoms with E-state index in [2.05, 4.69) is 70.3 Å². The van der Waals surface area contributed by atoms with Crippen LogP contribution in [0.25, 0.3) is 0 Å². The van der Waals surface area contributed by atoms with Crippen molar-refractivity contribution in [1.29, 1.82) is 0 Å². The first-order chi connectivity index (χ1) is 20.5. The largest absolute Gasteiger partial charge is 0.465 e. The van der Waals surface area contributed by atoms with Crippen molar-refractivity contribution in [3.63, 3.8) is 0 Å². The molecule has 0 unspecified atom stereocenters. The number of ether oxygens (including phenoxy) is 2. The highest BCUT2D eigenvalue weighted by Gasteiger charge is 2.23. The van der Waals surface area contributed by atoms with E-state index in [1.165, 1.54) is 25.5 Å². The summed E-state index contributed by atoms with van der Waals surface area (Å²) in [7, 11) is 7.53. The Hall–Kier alpha value is -2.95. The molecule has 0 aromatic carbocycles. The van der Waals surface area contributed by atoms with Gasteiger partial charge in [0.2, 0.25) is 5.91 Å². The zero-order valence-electron chi connectivity index (χ0n) is 30.7. The van der Waals surface area contributed by atoms with Gasteiger partial charge in [0.15, 0.2) is 5.92 Å². The van der Waals surface area contributed by atoms with Gasteiger partial charge in [-0.1, -0.05) is 18.5 Å². The first-order valence-corrected chi connectivity index (χ1v) is 15.8. The van der Waals surface area contributed by atoms with Crippen molar-refractivity contribution >= 4 is 23.6 Å². The number of carbonyl (C=O) groups excluding carboxylic acids is 3. The molecule has 2 rings (SSSR count). The van der Waals surface area contributed by atoms with Crippen LogP contribution in [-0.2, 0) is 35.7 Å². The smallest absolute Gasteiger partial charge is 0.320 e. The summed E-state index contributed by atoms with van der Waals surface area (Å²) in [5.74, 6) is -1.57. The number of carbonyl (C=O) groups is 3. The molecule has 11 heteroatoms. The van der Waals surface area contributed by atoms with Crippen molar-refractivity contribution in [2.75, 3.05) is 41.0 Å². The van der Waals surface area contributed by atoms with Gasteiger partial charge in [-0.3, -0.25) is 19.1 Å². The van der Waals surface area contributed by atoms with Crippen LogP contribution in [0.15, 0.2) is 11.2 Å². The standard InChI is InChI=1S/C8H14O4.C7H13NO.C7H17N.C6H10N2.C5H11NO/c1-4-11-7(9)6(3)8(10)12-5-2;1-8-6-4-2-3-5-7(8)9;1-6(2)8(5)7(3)4;1-5-4-6(2)8(3)7-5;1-4-5(2)6-7-3/h6H,4-5H2,1-3H3;2-6H2,1H3;6-7H,1-5H3;4H,1-3H3;4H2,1-3H3/b;;;;6-5+. The van der Waals surface area contributed by atoms with E-state index in [4.69, 9.17) is 0 Å². The van der Waals surface area contributed by atoms with E-state index in [-0.39, 0.29) is 13.2 Å². The van der Waals surface area contributed by atoms with Crippen molar-refractivity contribution in [3.8, 4) is 0 Å². The minimum absolute atomic E-state index is 0.280. The fourth-order valence-corrected chi connectivity index (χ4v) is 3.31. The third kappa shape index (κ3) is 24.5. The number of hydrogen-bond donors (Lipinski definition) is 0. The summed E-state index contributed by atoms with van der Waals surface area (Å²) < 4.78 is 11.1. The highest BCUT2D eigenvalue weighted by molar-refractivity contribution is 5.94. The molecule has 0 spiro atoms. The van der Waals surface area contributed by atoms with Crippen molar-refractivity contribution in [3.05, 3.63) is 17.5 Å². The first kappa shape index (κ1) is 45.5. The van der Waals surface area contributed by atoms with Crippen molar-refractivity contribution in [2.45, 2.75) is 120 Å². The Morgan fingerprint density at radius 3 is 1.73 bits per heavy atom. The lowest BCUT2D eigenvalue weighted by Gasteiger charge is -2.24. The number of aryl methyl sites for hydroxylation is 3. The third-order valence-corrected chi connectivity index (χ3v) is 6.71. The summed E-state index contributed by atoms with van der Waals surface area (Å²) in [6.07, 6.45) is 5.21. The van der Waals surface area contributed by atoms with Gasteiger partial charge in [0, 0.05) is 44.8 Å². The van der Waals surface area contributed by atoms with Crippen LogP contribution in [0.1, 0.15) is 106 Å². The molecule has 0 N–H and O–H groups in total. The molecular weight excluding hydrogens is 562 g/mol. The highest BCUT2D eigenvalue weighted by atomic mass is 16.6. The Kier molecular flexibility index (Phi) is 28.5. The Labute approximate surface area is 268 Å². The van der Waals surface area contributed by atoms with Gasteiger partial charge < -0.3 is 24.1 Å². The second-order valence-corrected chi connectivity index (χ2v) is 11.1. The second kappa shape index (κ2) is 27.6. The molecule has 1 saturated heterocycles. The van der Waals surface area contributed by atoms with Gasteiger partial charge in [-0.15, -0.1) is 0 Å². The molecule has 0 bridgehead atoms. The van der Waals surface area contributed by atoms with Gasteiger partial charge in [0.05, 0.1) is 24.6 Å². The molecule has 1 amide bonds. The number of aromatic nitrogens is 2. The fraction of sp³-hybridized carbons (Fsp3) is 0.788. The maximum absolute atomic E-state index is 10.9. The van der Waals surface area contributed by atoms with Gasteiger partial charge in [-0.25, -0.2) is 0 Å². The number of oxime groups is 1. The summed E-state index contributed by atoms with van der Waals surface area (Å²) in [6.45, 7) is 23.2. The van der Waals surface area contributed by atoms with Crippen molar-refractivity contribution in [2.24, 2.45) is 18.1 Å². The lowest BCUT2D eigenvalue weighted by molar-refractivity contribution is -0.160. The van der Waals surface area contributed by atoms with Crippen LogP contribution in [0.4, 0.5) is 0 Å². The number of rotatable bonds is 8. The predicted octanol–water partition coefficient (Wildman–Crippen LogP) is 5.96. The van der Waals surface area contributed by atoms with Crippen molar-refractivity contribution in [1.82, 2.24) is 19.6 Å². The zero-order valence-corrected chi connectivity index (χ0v) is 30.7. The molecule has 2 heterocycles. The first-order valence-electron chi connectivity index (χ1n) is 15.8. The molecule has 0 aliphatic carbocycles. The summed E-state index contributed by atoms with van der Waals surface area (Å²) >= 11 is 0. The molecule has 0 radical (unpaired) electrons. The van der Waals surface area contributed by atoms with E-state index in [9.17, 15) is 14.4 Å². The molecule has 11 nitrogen and oxygen atoms in total. The molecule has 1 aliphatic heterocycles. The Morgan fingerprint density at radius 2 is 1.45 bits per heavy atom. The molecule has 1 aromatic rings. The number of amides is 1. The number of nitrogens with zero attached hydrogens (tertiary/aromatic N) is 5. The highest BCUT2D eigenvalue weighted by Crippen LogP contribution is 2.08. The fourth-order valence-electron chi connectivity index (χ4n) is 3.31. The van der Waals surface area contributed by atoms with Crippen LogP contribution >= 0.6 is 0 Å². The molecule has 0 atom stereocenters. The van der Waals surface area contributed by atoms with E-state index >= 15 is 0 Å². The lowest BCUT2D eigenvalue weighted by Crippen LogP contribution is -2.32. The average molecular weight is 628 g/mol. The molecular formula is C33H65N5O6. The second-order valence-electron chi connectivity index (χ2n) is 11.1. The van der Waals surface area contributed by atoms with E-state index in [1.807, 2.05) is 51.4 Å². The molecule has 1 aromatic heterocycles. The number of likely N-dealkylation sites (tertiary alicyclic amines) is 1. The Bertz CT molecular complexity index is 884. The van der Waals surface area contributed by atoms with Gasteiger partial charge in [0.25, 0.3) is 0 Å². The minimum Gasteiger partial charge on any atom is -0.465 e. The van der Waals surface area contributed by atoms with E-state index < -0.39 is 17.9 Å². The van der Waals surface area contributed by atoms with Crippen LogP contribution in [0, 0.1) is 19.8 Å². The lowest BCUT2D eigenvalue weighted by atomic mass is 10.2.